The van der Waals surface area contributed by atoms with Crippen LogP contribution in [-0.2, 0) is 4.74 Å². The normalized spacial score (nSPS) is 19.0. The van der Waals surface area contributed by atoms with Crippen LogP contribution < -0.4 is 0 Å². The first-order valence-corrected chi connectivity index (χ1v) is 8.53. The van der Waals surface area contributed by atoms with Gasteiger partial charge in [-0.3, -0.25) is 4.39 Å². The zero-order valence-electron chi connectivity index (χ0n) is 14.7. The van der Waals surface area contributed by atoms with Crippen LogP contribution in [0.1, 0.15) is 51.5 Å². The summed E-state index contributed by atoms with van der Waals surface area (Å²) in [5, 5.41) is 0. The first-order valence-electron chi connectivity index (χ1n) is 8.53. The average Bonchev–Trinajstić information content (AvgIpc) is 2.52. The number of carbonyl (C=O) groups is 1. The Balaban J connectivity index is 2.05. The minimum absolute atomic E-state index is 0.160. The molecule has 1 unspecified atom stereocenters. The molecule has 1 aliphatic heterocycles. The Kier molecular flexibility index (Phi) is 5.83. The van der Waals surface area contributed by atoms with E-state index in [2.05, 4.69) is 0 Å². The van der Waals surface area contributed by atoms with Gasteiger partial charge in [-0.1, -0.05) is 30.3 Å². The van der Waals surface area contributed by atoms with Crippen molar-refractivity contribution in [3.8, 4) is 0 Å². The van der Waals surface area contributed by atoms with Crippen molar-refractivity contribution in [2.75, 3.05) is 19.8 Å². The van der Waals surface area contributed by atoms with E-state index in [1.54, 1.807) is 25.7 Å². The van der Waals surface area contributed by atoms with E-state index in [4.69, 9.17) is 4.74 Å². The summed E-state index contributed by atoms with van der Waals surface area (Å²) in [6.07, 6.45) is 0.149. The molecule has 1 atom stereocenters. The maximum Gasteiger partial charge on any atom is 0.410 e. The molecule has 0 aromatic heterocycles. The number of rotatable bonds is 4. The SMILES string of the molecule is CC(C)(C)OC(=O)N1CCC(F)(C(CCF)c2ccccc2)CC1. The molecule has 134 valence electrons. The molecule has 0 saturated carbocycles. The Morgan fingerprint density at radius 1 is 1.25 bits per heavy atom. The topological polar surface area (TPSA) is 29.5 Å². The highest BCUT2D eigenvalue weighted by molar-refractivity contribution is 5.68. The summed E-state index contributed by atoms with van der Waals surface area (Å²) in [6.45, 7) is 5.45. The summed E-state index contributed by atoms with van der Waals surface area (Å²) < 4.78 is 33.9. The number of hydrogen-bond acceptors (Lipinski definition) is 2. The van der Waals surface area contributed by atoms with Gasteiger partial charge in [-0.05, 0) is 45.6 Å². The summed E-state index contributed by atoms with van der Waals surface area (Å²) in [6, 6.07) is 9.26. The first kappa shape index (κ1) is 18.7. The van der Waals surface area contributed by atoms with E-state index in [9.17, 15) is 9.18 Å². The highest BCUT2D eigenvalue weighted by atomic mass is 19.1. The number of hydrogen-bond donors (Lipinski definition) is 0. The molecule has 0 bridgehead atoms. The van der Waals surface area contributed by atoms with E-state index < -0.39 is 30.0 Å². The lowest BCUT2D eigenvalue weighted by atomic mass is 9.76. The number of carbonyl (C=O) groups excluding carboxylic acids is 1. The monoisotopic (exact) mass is 339 g/mol. The highest BCUT2D eigenvalue weighted by Gasteiger charge is 2.43. The number of benzene rings is 1. The van der Waals surface area contributed by atoms with E-state index in [0.29, 0.717) is 13.1 Å². The third-order valence-electron chi connectivity index (χ3n) is 4.47. The Morgan fingerprint density at radius 3 is 2.33 bits per heavy atom. The highest BCUT2D eigenvalue weighted by Crippen LogP contribution is 2.42. The lowest BCUT2D eigenvalue weighted by Gasteiger charge is -2.41. The van der Waals surface area contributed by atoms with Crippen LogP contribution in [0.5, 0.6) is 0 Å². The Labute approximate surface area is 143 Å². The van der Waals surface area contributed by atoms with Crippen molar-refractivity contribution in [2.24, 2.45) is 0 Å². The number of likely N-dealkylation sites (tertiary alicyclic amines) is 1. The lowest BCUT2D eigenvalue weighted by Crippen LogP contribution is -2.48. The third-order valence-corrected chi connectivity index (χ3v) is 4.47. The van der Waals surface area contributed by atoms with Gasteiger partial charge in [-0.2, -0.15) is 0 Å². The third kappa shape index (κ3) is 4.68. The van der Waals surface area contributed by atoms with Crippen LogP contribution in [0.4, 0.5) is 13.6 Å². The van der Waals surface area contributed by atoms with Gasteiger partial charge in [0.05, 0.1) is 6.67 Å². The Bertz CT molecular complexity index is 534. The van der Waals surface area contributed by atoms with Crippen molar-refractivity contribution in [3.05, 3.63) is 35.9 Å². The molecule has 0 spiro atoms. The molecule has 1 heterocycles. The van der Waals surface area contributed by atoms with E-state index >= 15 is 4.39 Å². The molecule has 3 nitrogen and oxygen atoms in total. The maximum atomic E-state index is 15.5. The molecule has 2 rings (SSSR count). The number of piperidine rings is 1. The van der Waals surface area contributed by atoms with Gasteiger partial charge in [0.15, 0.2) is 0 Å². The van der Waals surface area contributed by atoms with Crippen LogP contribution in [0.25, 0.3) is 0 Å². The molecule has 0 aliphatic carbocycles. The Morgan fingerprint density at radius 2 is 1.83 bits per heavy atom. The summed E-state index contributed by atoms with van der Waals surface area (Å²) in [5.41, 5.74) is -1.24. The van der Waals surface area contributed by atoms with E-state index in [1.807, 2.05) is 30.3 Å². The Hall–Kier alpha value is -1.65. The van der Waals surface area contributed by atoms with Gasteiger partial charge in [0.1, 0.15) is 11.3 Å². The number of ether oxygens (including phenoxy) is 1. The maximum absolute atomic E-state index is 15.5. The predicted octanol–water partition coefficient (Wildman–Crippen LogP) is 4.87. The number of alkyl halides is 2. The van der Waals surface area contributed by atoms with Gasteiger partial charge in [-0.25, -0.2) is 9.18 Å². The zero-order chi connectivity index (χ0) is 17.8. The summed E-state index contributed by atoms with van der Waals surface area (Å²) in [7, 11) is 0. The van der Waals surface area contributed by atoms with Gasteiger partial charge in [0, 0.05) is 19.0 Å². The summed E-state index contributed by atoms with van der Waals surface area (Å²) in [4.78, 5) is 13.7. The number of amides is 1. The van der Waals surface area contributed by atoms with Gasteiger partial charge in [-0.15, -0.1) is 0 Å². The molecule has 1 aromatic rings. The van der Waals surface area contributed by atoms with Crippen molar-refractivity contribution in [3.63, 3.8) is 0 Å². The van der Waals surface area contributed by atoms with Gasteiger partial charge >= 0.3 is 6.09 Å². The second-order valence-electron chi connectivity index (χ2n) is 7.44. The second-order valence-corrected chi connectivity index (χ2v) is 7.44. The molecular weight excluding hydrogens is 312 g/mol. The van der Waals surface area contributed by atoms with Crippen molar-refractivity contribution in [1.82, 2.24) is 4.90 Å². The molecule has 0 N–H and O–H groups in total. The van der Waals surface area contributed by atoms with Crippen LogP contribution >= 0.6 is 0 Å². The fourth-order valence-corrected chi connectivity index (χ4v) is 3.25. The average molecular weight is 339 g/mol. The lowest BCUT2D eigenvalue weighted by molar-refractivity contribution is -0.00513. The van der Waals surface area contributed by atoms with Gasteiger partial charge in [0.2, 0.25) is 0 Å². The number of halogens is 2. The van der Waals surface area contributed by atoms with Crippen molar-refractivity contribution in [2.45, 2.75) is 57.2 Å². The smallest absolute Gasteiger partial charge is 0.410 e. The van der Waals surface area contributed by atoms with Crippen LogP contribution in [0.2, 0.25) is 0 Å². The molecule has 1 saturated heterocycles. The molecule has 5 heteroatoms. The minimum Gasteiger partial charge on any atom is -0.444 e. The first-order chi connectivity index (χ1) is 11.2. The molecule has 1 amide bonds. The summed E-state index contributed by atoms with van der Waals surface area (Å²) in [5.74, 6) is -0.482. The molecule has 1 aliphatic rings. The number of nitrogens with zero attached hydrogens (tertiary/aromatic N) is 1. The van der Waals surface area contributed by atoms with Crippen molar-refractivity contribution in [1.29, 1.82) is 0 Å². The molecular formula is C19H27F2NO2. The predicted molar refractivity (Wildman–Crippen MR) is 90.7 cm³/mol. The fourth-order valence-electron chi connectivity index (χ4n) is 3.25. The zero-order valence-corrected chi connectivity index (χ0v) is 14.7. The summed E-state index contributed by atoms with van der Waals surface area (Å²) >= 11 is 0. The quantitative estimate of drug-likeness (QED) is 0.783. The van der Waals surface area contributed by atoms with Crippen LogP contribution in [0, 0.1) is 0 Å². The van der Waals surface area contributed by atoms with E-state index in [0.717, 1.165) is 5.56 Å². The molecule has 1 aromatic carbocycles. The molecule has 0 radical (unpaired) electrons. The van der Waals surface area contributed by atoms with Crippen molar-refractivity contribution < 1.29 is 18.3 Å². The van der Waals surface area contributed by atoms with E-state index in [-0.39, 0.29) is 19.3 Å². The second kappa shape index (κ2) is 7.49. The molecule has 24 heavy (non-hydrogen) atoms. The van der Waals surface area contributed by atoms with Crippen LogP contribution in [0.15, 0.2) is 30.3 Å². The van der Waals surface area contributed by atoms with Gasteiger partial charge < -0.3 is 9.64 Å². The van der Waals surface area contributed by atoms with Crippen LogP contribution in [-0.4, -0.2) is 42.0 Å². The van der Waals surface area contributed by atoms with Gasteiger partial charge in [0.25, 0.3) is 0 Å². The minimum atomic E-state index is -1.49. The van der Waals surface area contributed by atoms with E-state index in [1.165, 1.54) is 0 Å². The molecule has 1 fully saturated rings. The standard InChI is InChI=1S/C19H27F2NO2/c1-18(2,3)24-17(23)22-13-10-19(21,11-14-22)16(9-12-20)15-7-5-4-6-8-15/h4-8,16H,9-14H2,1-3H3. The fraction of sp³-hybridized carbons (Fsp3) is 0.632. The van der Waals surface area contributed by atoms with Crippen LogP contribution in [0.3, 0.4) is 0 Å². The van der Waals surface area contributed by atoms with Crippen molar-refractivity contribution >= 4 is 6.09 Å². The largest absolute Gasteiger partial charge is 0.444 e.